The minimum atomic E-state index is -0.181. The Bertz CT molecular complexity index is 467. The van der Waals surface area contributed by atoms with Crippen LogP contribution in [0.5, 0.6) is 0 Å². The molecule has 30 heavy (non-hydrogen) atoms. The summed E-state index contributed by atoms with van der Waals surface area (Å²) in [6, 6.07) is 0. The van der Waals surface area contributed by atoms with E-state index in [0.29, 0.717) is 13.1 Å². The maximum absolute atomic E-state index is 10.9. The number of hydrogen-bond acceptors (Lipinski definition) is 7. The minimum Gasteiger partial charge on any atom is -1.00 e. The summed E-state index contributed by atoms with van der Waals surface area (Å²) in [5.74, 6) is 0.289. The van der Waals surface area contributed by atoms with Crippen molar-refractivity contribution in [3.63, 3.8) is 0 Å². The molecule has 0 aromatic carbocycles. The van der Waals surface area contributed by atoms with Gasteiger partial charge in [0.1, 0.15) is 0 Å². The Kier molecular flexibility index (Phi) is 18.0. The molecule has 9 nitrogen and oxygen atoms in total. The van der Waals surface area contributed by atoms with Crippen LogP contribution in [-0.2, 0) is 19.3 Å². The monoisotopic (exact) mass is 476 g/mol. The molecule has 2 amide bonds. The topological polar surface area (TPSA) is 132 Å². The van der Waals surface area contributed by atoms with Crippen LogP contribution in [0.4, 0.5) is 0 Å². The maximum Gasteiger partial charge on any atom is 1.00 e. The van der Waals surface area contributed by atoms with Gasteiger partial charge in [-0.05, 0) is 25.7 Å². The molecule has 0 bridgehead atoms. The summed E-state index contributed by atoms with van der Waals surface area (Å²) >= 11 is 0. The van der Waals surface area contributed by atoms with Gasteiger partial charge < -0.3 is 32.8 Å². The normalized spacial score (nSPS) is 23.5. The first kappa shape index (κ1) is 31.6. The second-order valence-corrected chi connectivity index (χ2v) is 8.13. The molecule has 0 aromatic rings. The van der Waals surface area contributed by atoms with Crippen LogP contribution in [0.3, 0.4) is 0 Å². The molecule has 4 aliphatic rings. The number of carbonyl (C=O) groups is 3. The Morgan fingerprint density at radius 2 is 1.10 bits per heavy atom. The van der Waals surface area contributed by atoms with Crippen molar-refractivity contribution in [3.8, 4) is 0 Å². The van der Waals surface area contributed by atoms with Crippen molar-refractivity contribution in [2.24, 2.45) is 0 Å². The zero-order chi connectivity index (χ0) is 20.3. The molecular formula is C19H34K2N4O5. The Hall–Kier alpha value is 1.56. The van der Waals surface area contributed by atoms with Gasteiger partial charge >= 0.3 is 103 Å². The van der Waals surface area contributed by atoms with Crippen molar-refractivity contribution in [1.29, 1.82) is 0 Å². The van der Waals surface area contributed by atoms with Gasteiger partial charge in [0.15, 0.2) is 0 Å². The van der Waals surface area contributed by atoms with E-state index in [-0.39, 0.29) is 134 Å². The van der Waals surface area contributed by atoms with E-state index in [9.17, 15) is 9.59 Å². The van der Waals surface area contributed by atoms with E-state index in [0.717, 1.165) is 13.1 Å². The molecule has 4 rings (SSSR count). The Morgan fingerprint density at radius 1 is 0.767 bits per heavy atom. The van der Waals surface area contributed by atoms with Gasteiger partial charge in [-0.25, -0.2) is 0 Å². The zero-order valence-corrected chi connectivity index (χ0v) is 24.8. The first-order valence-electron chi connectivity index (χ1n) is 10.3. The van der Waals surface area contributed by atoms with E-state index in [4.69, 9.17) is 10.1 Å². The number of rotatable bonds is 1. The van der Waals surface area contributed by atoms with Crippen LogP contribution in [0.25, 0.3) is 0 Å². The molecule has 4 fully saturated rings. The first-order valence-corrected chi connectivity index (χ1v) is 10.3. The molecule has 2 saturated heterocycles. The van der Waals surface area contributed by atoms with Crippen molar-refractivity contribution in [2.45, 2.75) is 75.3 Å². The quantitative estimate of drug-likeness (QED) is 0.128. The first-order chi connectivity index (χ1) is 13.5. The van der Waals surface area contributed by atoms with E-state index < -0.39 is 0 Å². The van der Waals surface area contributed by atoms with E-state index in [2.05, 4.69) is 26.2 Å². The molecule has 0 aromatic heterocycles. The summed E-state index contributed by atoms with van der Waals surface area (Å²) in [4.78, 5) is 33.1. The van der Waals surface area contributed by atoms with Crippen LogP contribution in [0, 0.1) is 0 Å². The summed E-state index contributed by atoms with van der Waals surface area (Å²) in [6.45, 7) is 2.53. The number of nitrogens with one attached hydrogen (secondary N) is 4. The fourth-order valence-electron chi connectivity index (χ4n) is 4.49. The van der Waals surface area contributed by atoms with Gasteiger partial charge in [0.25, 0.3) is 6.47 Å². The van der Waals surface area contributed by atoms with E-state index in [1.807, 2.05) is 0 Å². The number of amides is 2. The van der Waals surface area contributed by atoms with Gasteiger partial charge in [-0.1, -0.05) is 38.5 Å². The zero-order valence-electron chi connectivity index (χ0n) is 19.5. The van der Waals surface area contributed by atoms with Crippen molar-refractivity contribution >= 4 is 18.3 Å². The molecule has 2 aliphatic carbocycles. The molecule has 2 aliphatic heterocycles. The van der Waals surface area contributed by atoms with Crippen molar-refractivity contribution in [3.05, 3.63) is 0 Å². The molecule has 0 radical (unpaired) electrons. The fourth-order valence-corrected chi connectivity index (χ4v) is 4.49. The standard InChI is InChI=1S/2C9H16N2O.CH2O3.2K.H/c2*12-8-6-11-9(7-10-8)4-2-1-3-5-9;2-1-4-3;;;/h2*11H,1-7H2,(H,10,12);1,3H;;;/q;;;2*+1;-1/p-1. The van der Waals surface area contributed by atoms with Crippen LogP contribution in [0.1, 0.15) is 65.6 Å². The average Bonchev–Trinajstić information content (AvgIpc) is 2.75. The van der Waals surface area contributed by atoms with Crippen LogP contribution >= 0.6 is 0 Å². The SMILES string of the molecule is O=C1CNC2(CCCCC2)CN1.O=C1CNC2(CCCCC2)CN1.O=CO[O-].[H-].[K+].[K+]. The molecule has 2 spiro atoms. The van der Waals surface area contributed by atoms with E-state index in [1.54, 1.807) is 0 Å². The molecule has 0 unspecified atom stereocenters. The number of carbonyl (C=O) groups excluding carboxylic acids is 3. The molecule has 0 atom stereocenters. The van der Waals surface area contributed by atoms with Gasteiger partial charge in [-0.2, -0.15) is 0 Å². The third-order valence-electron chi connectivity index (χ3n) is 6.16. The van der Waals surface area contributed by atoms with Crippen molar-refractivity contribution in [2.75, 3.05) is 26.2 Å². The minimum absolute atomic E-state index is 0. The van der Waals surface area contributed by atoms with Crippen molar-refractivity contribution in [1.82, 2.24) is 21.3 Å². The third kappa shape index (κ3) is 11.1. The summed E-state index contributed by atoms with van der Waals surface area (Å²) in [7, 11) is 0. The van der Waals surface area contributed by atoms with Crippen LogP contribution in [-0.4, -0.2) is 55.5 Å². The largest absolute Gasteiger partial charge is 1.00 e. The van der Waals surface area contributed by atoms with Gasteiger partial charge in [-0.3, -0.25) is 14.4 Å². The number of piperazine rings is 2. The van der Waals surface area contributed by atoms with Crippen LogP contribution < -0.4 is 129 Å². The molecule has 2 heterocycles. The summed E-state index contributed by atoms with van der Waals surface area (Å²) in [5.41, 5.74) is 0.512. The maximum atomic E-state index is 10.9. The Morgan fingerprint density at radius 3 is 1.33 bits per heavy atom. The molecule has 162 valence electrons. The van der Waals surface area contributed by atoms with Gasteiger partial charge in [0.05, 0.1) is 13.1 Å². The predicted molar refractivity (Wildman–Crippen MR) is 102 cm³/mol. The average molecular weight is 477 g/mol. The van der Waals surface area contributed by atoms with Gasteiger partial charge in [0.2, 0.25) is 11.8 Å². The second kappa shape index (κ2) is 17.1. The molecule has 4 N–H and O–H groups in total. The predicted octanol–water partition coefficient (Wildman–Crippen LogP) is -6.63. The van der Waals surface area contributed by atoms with E-state index in [1.165, 1.54) is 64.2 Å². The number of hydrogen-bond donors (Lipinski definition) is 4. The summed E-state index contributed by atoms with van der Waals surface area (Å²) in [5, 5.41) is 21.1. The van der Waals surface area contributed by atoms with E-state index >= 15 is 0 Å². The van der Waals surface area contributed by atoms with Crippen LogP contribution in [0.2, 0.25) is 0 Å². The Balaban J connectivity index is 0. The smallest absolute Gasteiger partial charge is 1.00 e. The Labute approximate surface area is 265 Å². The fraction of sp³-hybridized carbons (Fsp3) is 0.842. The summed E-state index contributed by atoms with van der Waals surface area (Å²) in [6.07, 6.45) is 12.9. The van der Waals surface area contributed by atoms with Crippen molar-refractivity contribution < 1.29 is 129 Å². The molecular weight excluding hydrogens is 442 g/mol. The van der Waals surface area contributed by atoms with Gasteiger partial charge in [-0.15, -0.1) is 0 Å². The van der Waals surface area contributed by atoms with Gasteiger partial charge in [0, 0.05) is 24.2 Å². The third-order valence-corrected chi connectivity index (χ3v) is 6.16. The second-order valence-electron chi connectivity index (χ2n) is 8.13. The summed E-state index contributed by atoms with van der Waals surface area (Å²) < 4.78 is 0. The van der Waals surface area contributed by atoms with Crippen LogP contribution in [0.15, 0.2) is 0 Å². The molecule has 11 heteroatoms. The molecule has 2 saturated carbocycles.